The van der Waals surface area contributed by atoms with Crippen molar-refractivity contribution in [3.8, 4) is 0 Å². The highest BCUT2D eigenvalue weighted by atomic mass is 79.9. The predicted molar refractivity (Wildman–Crippen MR) is 67.4 cm³/mol. The fourth-order valence-electron chi connectivity index (χ4n) is 1.57. The van der Waals surface area contributed by atoms with E-state index in [1.807, 2.05) is 0 Å². The second-order valence-corrected chi connectivity index (χ2v) is 4.84. The Morgan fingerprint density at radius 3 is 2.16 bits per heavy atom. The molecule has 1 unspecified atom stereocenters. The molecule has 2 aromatic rings. The number of rotatable bonds is 2. The molecule has 0 saturated carbocycles. The van der Waals surface area contributed by atoms with Crippen LogP contribution in [0.5, 0.6) is 0 Å². The molecule has 19 heavy (non-hydrogen) atoms. The highest BCUT2D eigenvalue weighted by molar-refractivity contribution is 9.10. The fourth-order valence-corrected chi connectivity index (χ4v) is 1.81. The Labute approximate surface area is 116 Å². The van der Waals surface area contributed by atoms with E-state index in [2.05, 4.69) is 20.9 Å². The molecule has 100 valence electrons. The van der Waals surface area contributed by atoms with Crippen LogP contribution in [0, 0.1) is 0 Å². The van der Waals surface area contributed by atoms with Crippen LogP contribution >= 0.6 is 15.9 Å². The summed E-state index contributed by atoms with van der Waals surface area (Å²) >= 11 is 3.21. The maximum atomic E-state index is 12.4. The zero-order chi connectivity index (χ0) is 14.0. The highest BCUT2D eigenvalue weighted by Crippen LogP contribution is 2.30. The quantitative estimate of drug-likeness (QED) is 0.904. The van der Waals surface area contributed by atoms with Gasteiger partial charge in [-0.3, -0.25) is 4.98 Å². The van der Waals surface area contributed by atoms with Crippen LogP contribution < -0.4 is 0 Å². The maximum absolute atomic E-state index is 12.4. The summed E-state index contributed by atoms with van der Waals surface area (Å²) in [5.74, 6) is 0. The van der Waals surface area contributed by atoms with Crippen LogP contribution in [-0.4, -0.2) is 10.1 Å². The largest absolute Gasteiger partial charge is 0.416 e. The van der Waals surface area contributed by atoms with Crippen molar-refractivity contribution >= 4 is 15.9 Å². The fraction of sp³-hybridized carbons (Fsp3) is 0.154. The van der Waals surface area contributed by atoms with E-state index in [1.54, 1.807) is 12.1 Å². The zero-order valence-corrected chi connectivity index (χ0v) is 11.1. The minimum Gasteiger partial charge on any atom is -0.382 e. The Kier molecular flexibility index (Phi) is 3.91. The van der Waals surface area contributed by atoms with Crippen molar-refractivity contribution in [2.24, 2.45) is 0 Å². The van der Waals surface area contributed by atoms with Crippen LogP contribution in [0.4, 0.5) is 13.2 Å². The van der Waals surface area contributed by atoms with E-state index in [-0.39, 0.29) is 0 Å². The third-order valence-electron chi connectivity index (χ3n) is 2.58. The molecule has 0 amide bonds. The number of aliphatic hydroxyl groups excluding tert-OH is 1. The molecule has 0 saturated heterocycles. The first-order valence-corrected chi connectivity index (χ1v) is 6.14. The number of halogens is 4. The van der Waals surface area contributed by atoms with E-state index in [4.69, 9.17) is 0 Å². The average Bonchev–Trinajstić information content (AvgIpc) is 2.38. The standard InChI is InChI=1S/C13H9BrF3NO/c14-10-5-6-11(18-7-10)12(19)8-1-3-9(4-2-8)13(15,16)17/h1-7,12,19H. The SMILES string of the molecule is OC(c1ccc(C(F)(F)F)cc1)c1ccc(Br)cn1. The van der Waals surface area contributed by atoms with E-state index in [9.17, 15) is 18.3 Å². The van der Waals surface area contributed by atoms with Gasteiger partial charge in [-0.1, -0.05) is 12.1 Å². The Balaban J connectivity index is 2.25. The topological polar surface area (TPSA) is 33.1 Å². The predicted octanol–water partition coefficient (Wildman–Crippen LogP) is 3.94. The lowest BCUT2D eigenvalue weighted by molar-refractivity contribution is -0.137. The van der Waals surface area contributed by atoms with Crippen molar-refractivity contribution < 1.29 is 18.3 Å². The summed E-state index contributed by atoms with van der Waals surface area (Å²) in [7, 11) is 0. The van der Waals surface area contributed by atoms with Gasteiger partial charge >= 0.3 is 6.18 Å². The van der Waals surface area contributed by atoms with E-state index < -0.39 is 17.8 Å². The summed E-state index contributed by atoms with van der Waals surface area (Å²) in [5, 5.41) is 10.0. The van der Waals surface area contributed by atoms with Gasteiger partial charge in [0.1, 0.15) is 6.10 Å². The maximum Gasteiger partial charge on any atom is 0.416 e. The van der Waals surface area contributed by atoms with Gasteiger partial charge in [0.25, 0.3) is 0 Å². The lowest BCUT2D eigenvalue weighted by atomic mass is 10.0. The van der Waals surface area contributed by atoms with Crippen LogP contribution in [0.3, 0.4) is 0 Å². The van der Waals surface area contributed by atoms with Gasteiger partial charge in [-0.25, -0.2) is 0 Å². The molecule has 2 rings (SSSR count). The third kappa shape index (κ3) is 3.33. The summed E-state index contributed by atoms with van der Waals surface area (Å²) in [4.78, 5) is 4.01. The van der Waals surface area contributed by atoms with Gasteiger partial charge in [0.15, 0.2) is 0 Å². The summed E-state index contributed by atoms with van der Waals surface area (Å²) in [6.45, 7) is 0. The number of aromatic nitrogens is 1. The second kappa shape index (κ2) is 5.30. The van der Waals surface area contributed by atoms with Gasteiger partial charge in [0.05, 0.1) is 11.3 Å². The summed E-state index contributed by atoms with van der Waals surface area (Å²) in [6, 6.07) is 7.69. The van der Waals surface area contributed by atoms with Gasteiger partial charge in [-0.2, -0.15) is 13.2 Å². The zero-order valence-electron chi connectivity index (χ0n) is 9.53. The first kappa shape index (κ1) is 14.0. The molecular weight excluding hydrogens is 323 g/mol. The van der Waals surface area contributed by atoms with E-state index >= 15 is 0 Å². The molecule has 0 bridgehead atoms. The van der Waals surface area contributed by atoms with Crippen LogP contribution in [-0.2, 0) is 6.18 Å². The smallest absolute Gasteiger partial charge is 0.382 e. The van der Waals surface area contributed by atoms with Gasteiger partial charge in [0, 0.05) is 10.7 Å². The molecular formula is C13H9BrF3NO. The molecule has 0 fully saturated rings. The number of hydrogen-bond donors (Lipinski definition) is 1. The van der Waals surface area contributed by atoms with Crippen molar-refractivity contribution in [3.05, 3.63) is 63.9 Å². The van der Waals surface area contributed by atoms with Gasteiger partial charge in [-0.15, -0.1) is 0 Å². The number of alkyl halides is 3. The lowest BCUT2D eigenvalue weighted by Gasteiger charge is -2.12. The minimum atomic E-state index is -4.38. The number of benzene rings is 1. The number of hydrogen-bond acceptors (Lipinski definition) is 2. The lowest BCUT2D eigenvalue weighted by Crippen LogP contribution is -2.06. The van der Waals surface area contributed by atoms with Crippen molar-refractivity contribution in [1.82, 2.24) is 4.98 Å². The van der Waals surface area contributed by atoms with Crippen LogP contribution in [0.2, 0.25) is 0 Å². The first-order valence-electron chi connectivity index (χ1n) is 5.34. The number of pyridine rings is 1. The normalized spacial score (nSPS) is 13.3. The molecule has 0 aliphatic heterocycles. The van der Waals surface area contributed by atoms with Crippen molar-refractivity contribution in [2.45, 2.75) is 12.3 Å². The Morgan fingerprint density at radius 2 is 1.68 bits per heavy atom. The number of aliphatic hydroxyl groups is 1. The molecule has 0 aliphatic rings. The summed E-state index contributed by atoms with van der Waals surface area (Å²) in [5.41, 5.74) is -0.00186. The van der Waals surface area contributed by atoms with Crippen LogP contribution in [0.25, 0.3) is 0 Å². The second-order valence-electron chi connectivity index (χ2n) is 3.92. The highest BCUT2D eigenvalue weighted by Gasteiger charge is 2.30. The third-order valence-corrected chi connectivity index (χ3v) is 3.05. The molecule has 2 nitrogen and oxygen atoms in total. The molecule has 1 N–H and O–H groups in total. The monoisotopic (exact) mass is 331 g/mol. The van der Waals surface area contributed by atoms with E-state index in [1.165, 1.54) is 18.3 Å². The Hall–Kier alpha value is -1.40. The first-order chi connectivity index (χ1) is 8.88. The van der Waals surface area contributed by atoms with Gasteiger partial charge < -0.3 is 5.11 Å². The van der Waals surface area contributed by atoms with Crippen LogP contribution in [0.15, 0.2) is 47.1 Å². The van der Waals surface area contributed by atoms with Gasteiger partial charge in [0.2, 0.25) is 0 Å². The van der Waals surface area contributed by atoms with Crippen LogP contribution in [0.1, 0.15) is 22.9 Å². The molecule has 1 aromatic carbocycles. The minimum absolute atomic E-state index is 0.364. The molecule has 0 aliphatic carbocycles. The molecule has 1 atom stereocenters. The molecule has 6 heteroatoms. The molecule has 1 heterocycles. The number of nitrogens with zero attached hydrogens (tertiary/aromatic N) is 1. The van der Waals surface area contributed by atoms with Crippen molar-refractivity contribution in [3.63, 3.8) is 0 Å². The van der Waals surface area contributed by atoms with Gasteiger partial charge in [-0.05, 0) is 45.8 Å². The molecule has 1 aromatic heterocycles. The summed E-state index contributed by atoms with van der Waals surface area (Å²) in [6.07, 6.45) is -3.91. The molecule has 0 radical (unpaired) electrons. The Bertz CT molecular complexity index is 552. The van der Waals surface area contributed by atoms with E-state index in [0.717, 1.165) is 16.6 Å². The van der Waals surface area contributed by atoms with E-state index in [0.29, 0.717) is 11.3 Å². The van der Waals surface area contributed by atoms with Crippen molar-refractivity contribution in [1.29, 1.82) is 0 Å². The average molecular weight is 332 g/mol. The Morgan fingerprint density at radius 1 is 1.05 bits per heavy atom. The van der Waals surface area contributed by atoms with Crippen molar-refractivity contribution in [2.75, 3.05) is 0 Å². The molecule has 0 spiro atoms. The summed E-state index contributed by atoms with van der Waals surface area (Å²) < 4.78 is 38.0.